The topological polar surface area (TPSA) is 17.1 Å². The van der Waals surface area contributed by atoms with Gasteiger partial charge >= 0.3 is 0 Å². The van der Waals surface area contributed by atoms with E-state index in [1.54, 1.807) is 12.1 Å². The summed E-state index contributed by atoms with van der Waals surface area (Å²) in [5.74, 6) is -0.0597. The van der Waals surface area contributed by atoms with Crippen LogP contribution in [0.2, 0.25) is 5.02 Å². The fourth-order valence-corrected chi connectivity index (χ4v) is 3.10. The van der Waals surface area contributed by atoms with Gasteiger partial charge in [0.25, 0.3) is 0 Å². The number of benzene rings is 1. The highest BCUT2D eigenvalue weighted by Gasteiger charge is 2.38. The minimum Gasteiger partial charge on any atom is -0.299 e. The number of hydrogen-bond acceptors (Lipinski definition) is 1. The second kappa shape index (κ2) is 5.00. The molecule has 3 heteroatoms. The lowest BCUT2D eigenvalue weighted by Gasteiger charge is -2.25. The Morgan fingerprint density at radius 3 is 2.78 bits per heavy atom. The molecular weight excluding hydrogens is 251 g/mol. The molecule has 1 unspecified atom stereocenters. The average molecular weight is 269 g/mol. The summed E-state index contributed by atoms with van der Waals surface area (Å²) in [6.07, 6.45) is 3.55. The standard InChI is InChI=1S/C15H18ClFO/c1-15(2)7-3-4-11(15)14(18)9-10-5-6-13(17)12(16)8-10/h5-6,8,11H,3-4,7,9H2,1-2H3. The van der Waals surface area contributed by atoms with Crippen LogP contribution in [0.5, 0.6) is 0 Å². The Balaban J connectivity index is 2.09. The summed E-state index contributed by atoms with van der Waals surface area (Å²) < 4.78 is 13.0. The first kappa shape index (κ1) is 13.5. The Kier molecular flexibility index (Phi) is 3.76. The molecule has 98 valence electrons. The van der Waals surface area contributed by atoms with Gasteiger partial charge in [-0.2, -0.15) is 0 Å². The molecule has 1 aromatic carbocycles. The van der Waals surface area contributed by atoms with Crippen LogP contribution in [0.4, 0.5) is 4.39 Å². The number of Topliss-reactive ketones (excluding diaryl/α,β-unsaturated/α-hetero) is 1. The minimum atomic E-state index is -0.436. The van der Waals surface area contributed by atoms with Crippen LogP contribution in [-0.2, 0) is 11.2 Å². The van der Waals surface area contributed by atoms with Crippen molar-refractivity contribution in [2.45, 2.75) is 39.5 Å². The molecule has 1 atom stereocenters. The first-order valence-electron chi connectivity index (χ1n) is 6.37. The number of rotatable bonds is 3. The summed E-state index contributed by atoms with van der Waals surface area (Å²) in [6, 6.07) is 4.52. The SMILES string of the molecule is CC1(C)CCCC1C(=O)Cc1ccc(F)c(Cl)c1. The summed E-state index contributed by atoms with van der Waals surface area (Å²) in [4.78, 5) is 12.3. The molecule has 1 aliphatic rings. The van der Waals surface area contributed by atoms with Crippen LogP contribution in [0.1, 0.15) is 38.7 Å². The van der Waals surface area contributed by atoms with Crippen molar-refractivity contribution >= 4 is 17.4 Å². The number of halogens is 2. The Labute approximate surface area is 112 Å². The molecule has 0 radical (unpaired) electrons. The Hall–Kier alpha value is -0.890. The van der Waals surface area contributed by atoms with E-state index in [1.165, 1.54) is 6.07 Å². The third-order valence-corrected chi connectivity index (χ3v) is 4.30. The van der Waals surface area contributed by atoms with Gasteiger partial charge in [-0.15, -0.1) is 0 Å². The molecule has 0 bridgehead atoms. The van der Waals surface area contributed by atoms with E-state index < -0.39 is 5.82 Å². The lowest BCUT2D eigenvalue weighted by atomic mass is 9.78. The molecule has 1 aromatic rings. The van der Waals surface area contributed by atoms with Crippen molar-refractivity contribution in [1.29, 1.82) is 0 Å². The van der Waals surface area contributed by atoms with Gasteiger partial charge < -0.3 is 0 Å². The smallest absolute Gasteiger partial charge is 0.141 e. The van der Waals surface area contributed by atoms with E-state index in [9.17, 15) is 9.18 Å². The van der Waals surface area contributed by atoms with Crippen molar-refractivity contribution < 1.29 is 9.18 Å². The van der Waals surface area contributed by atoms with E-state index in [1.807, 2.05) is 0 Å². The number of carbonyl (C=O) groups is 1. The third-order valence-electron chi connectivity index (χ3n) is 4.01. The average Bonchev–Trinajstić information content (AvgIpc) is 2.63. The molecule has 1 aliphatic carbocycles. The van der Waals surface area contributed by atoms with Crippen LogP contribution in [-0.4, -0.2) is 5.78 Å². The number of carbonyl (C=O) groups excluding carboxylic acids is 1. The zero-order valence-corrected chi connectivity index (χ0v) is 11.6. The number of ketones is 1. The summed E-state index contributed by atoms with van der Waals surface area (Å²) in [5.41, 5.74) is 0.898. The molecule has 0 spiro atoms. The molecular formula is C15H18ClFO. The normalized spacial score (nSPS) is 22.1. The van der Waals surface area contributed by atoms with Crippen molar-refractivity contribution in [2.24, 2.45) is 11.3 Å². The van der Waals surface area contributed by atoms with Crippen molar-refractivity contribution in [3.63, 3.8) is 0 Å². The van der Waals surface area contributed by atoms with Crippen LogP contribution in [0.25, 0.3) is 0 Å². The summed E-state index contributed by atoms with van der Waals surface area (Å²) >= 11 is 5.73. The second-order valence-corrected chi connectivity index (χ2v) is 6.23. The van der Waals surface area contributed by atoms with Gasteiger partial charge in [-0.05, 0) is 36.0 Å². The Morgan fingerprint density at radius 2 is 2.22 bits per heavy atom. The first-order chi connectivity index (χ1) is 8.40. The lowest BCUT2D eigenvalue weighted by molar-refractivity contribution is -0.124. The fourth-order valence-electron chi connectivity index (χ4n) is 2.90. The zero-order valence-electron chi connectivity index (χ0n) is 10.8. The molecule has 18 heavy (non-hydrogen) atoms. The Bertz CT molecular complexity index is 468. The van der Waals surface area contributed by atoms with E-state index in [0.29, 0.717) is 6.42 Å². The molecule has 0 amide bonds. The number of hydrogen-bond donors (Lipinski definition) is 0. The molecule has 0 heterocycles. The summed E-state index contributed by atoms with van der Waals surface area (Å²) in [5, 5.41) is 0.0889. The highest BCUT2D eigenvalue weighted by atomic mass is 35.5. The van der Waals surface area contributed by atoms with E-state index in [0.717, 1.165) is 24.8 Å². The predicted molar refractivity (Wildman–Crippen MR) is 71.2 cm³/mol. The maximum Gasteiger partial charge on any atom is 0.141 e. The summed E-state index contributed by atoms with van der Waals surface area (Å²) in [7, 11) is 0. The van der Waals surface area contributed by atoms with Crippen LogP contribution < -0.4 is 0 Å². The van der Waals surface area contributed by atoms with E-state index in [-0.39, 0.29) is 22.1 Å². The highest BCUT2D eigenvalue weighted by Crippen LogP contribution is 2.43. The Morgan fingerprint density at radius 1 is 1.50 bits per heavy atom. The predicted octanol–water partition coefficient (Wildman–Crippen LogP) is 4.42. The van der Waals surface area contributed by atoms with Gasteiger partial charge in [0, 0.05) is 12.3 Å². The third kappa shape index (κ3) is 2.74. The van der Waals surface area contributed by atoms with Crippen molar-refractivity contribution in [3.05, 3.63) is 34.6 Å². The van der Waals surface area contributed by atoms with Gasteiger partial charge in [0.2, 0.25) is 0 Å². The van der Waals surface area contributed by atoms with Crippen LogP contribution in [0, 0.1) is 17.2 Å². The van der Waals surface area contributed by atoms with Crippen molar-refractivity contribution in [2.75, 3.05) is 0 Å². The molecule has 0 saturated heterocycles. The second-order valence-electron chi connectivity index (χ2n) is 5.82. The molecule has 0 N–H and O–H groups in total. The van der Waals surface area contributed by atoms with Gasteiger partial charge in [0.15, 0.2) is 0 Å². The van der Waals surface area contributed by atoms with Gasteiger partial charge in [-0.25, -0.2) is 4.39 Å². The zero-order chi connectivity index (χ0) is 13.3. The van der Waals surface area contributed by atoms with Crippen molar-refractivity contribution in [1.82, 2.24) is 0 Å². The lowest BCUT2D eigenvalue weighted by Crippen LogP contribution is -2.27. The largest absolute Gasteiger partial charge is 0.299 e. The monoisotopic (exact) mass is 268 g/mol. The first-order valence-corrected chi connectivity index (χ1v) is 6.74. The van der Waals surface area contributed by atoms with Gasteiger partial charge in [0.05, 0.1) is 5.02 Å². The van der Waals surface area contributed by atoms with Crippen molar-refractivity contribution in [3.8, 4) is 0 Å². The quantitative estimate of drug-likeness (QED) is 0.793. The van der Waals surface area contributed by atoms with Gasteiger partial charge in [-0.1, -0.05) is 37.9 Å². The molecule has 1 nitrogen and oxygen atoms in total. The summed E-state index contributed by atoms with van der Waals surface area (Å²) in [6.45, 7) is 4.31. The van der Waals surface area contributed by atoms with E-state index in [4.69, 9.17) is 11.6 Å². The molecule has 0 aliphatic heterocycles. The minimum absolute atomic E-state index is 0.0889. The van der Waals surface area contributed by atoms with Gasteiger partial charge in [-0.3, -0.25) is 4.79 Å². The molecule has 2 rings (SSSR count). The van der Waals surface area contributed by atoms with E-state index in [2.05, 4.69) is 13.8 Å². The van der Waals surface area contributed by atoms with Crippen LogP contribution in [0.15, 0.2) is 18.2 Å². The molecule has 1 saturated carbocycles. The van der Waals surface area contributed by atoms with Crippen LogP contribution >= 0.6 is 11.6 Å². The maximum atomic E-state index is 13.0. The molecule has 1 fully saturated rings. The van der Waals surface area contributed by atoms with Crippen LogP contribution in [0.3, 0.4) is 0 Å². The maximum absolute atomic E-state index is 13.0. The molecule has 0 aromatic heterocycles. The fraction of sp³-hybridized carbons (Fsp3) is 0.533. The highest BCUT2D eigenvalue weighted by molar-refractivity contribution is 6.30. The van der Waals surface area contributed by atoms with E-state index >= 15 is 0 Å². The van der Waals surface area contributed by atoms with Gasteiger partial charge in [0.1, 0.15) is 11.6 Å².